The lowest BCUT2D eigenvalue weighted by Gasteiger charge is -2.09. The molecule has 1 aliphatic rings. The third-order valence-corrected chi connectivity index (χ3v) is 2.64. The smallest absolute Gasteiger partial charge is 0.0816 e. The fourth-order valence-electron chi connectivity index (χ4n) is 1.65. The van der Waals surface area contributed by atoms with Gasteiger partial charge in [0.05, 0.1) is 5.70 Å². The summed E-state index contributed by atoms with van der Waals surface area (Å²) in [6.07, 6.45) is 4.45. The molecule has 0 unspecified atom stereocenters. The van der Waals surface area contributed by atoms with Crippen LogP contribution < -0.4 is 11.1 Å². The molecular weight excluding hydrogens is 208 g/mol. The van der Waals surface area contributed by atoms with Crippen LogP contribution in [0.2, 0.25) is 0 Å². The Balaban J connectivity index is 2.11. The first kappa shape index (κ1) is 11.3. The van der Waals surface area contributed by atoms with Crippen molar-refractivity contribution in [1.82, 2.24) is 5.32 Å². The molecule has 0 fully saturated rings. The molecule has 2 heteroatoms. The molecule has 0 saturated heterocycles. The zero-order chi connectivity index (χ0) is 12.1. The Morgan fingerprint density at radius 3 is 2.59 bits per heavy atom. The van der Waals surface area contributed by atoms with E-state index in [0.717, 1.165) is 29.8 Å². The van der Waals surface area contributed by atoms with E-state index in [1.165, 1.54) is 6.42 Å². The van der Waals surface area contributed by atoms with Gasteiger partial charge in [0.1, 0.15) is 0 Å². The van der Waals surface area contributed by atoms with Crippen LogP contribution in [0.15, 0.2) is 42.6 Å². The van der Waals surface area contributed by atoms with Crippen LogP contribution in [0.3, 0.4) is 0 Å². The number of hydrogen-bond acceptors (Lipinski definition) is 2. The van der Waals surface area contributed by atoms with E-state index in [1.54, 1.807) is 0 Å². The lowest BCUT2D eigenvalue weighted by molar-refractivity contribution is 0.708. The maximum absolute atomic E-state index is 5.61. The summed E-state index contributed by atoms with van der Waals surface area (Å²) in [5.74, 6) is 6.26. The lowest BCUT2D eigenvalue weighted by Crippen LogP contribution is -2.17. The van der Waals surface area contributed by atoms with Gasteiger partial charge in [0.25, 0.3) is 0 Å². The normalized spacial score (nSPS) is 14.0. The molecule has 0 aliphatic carbocycles. The zero-order valence-corrected chi connectivity index (χ0v) is 9.79. The third-order valence-electron chi connectivity index (χ3n) is 2.64. The largest absolute Gasteiger partial charge is 0.399 e. The Kier molecular flexibility index (Phi) is 3.52. The molecule has 17 heavy (non-hydrogen) atoms. The molecule has 1 aromatic carbocycles. The third kappa shape index (κ3) is 3.15. The van der Waals surface area contributed by atoms with Gasteiger partial charge in [0.15, 0.2) is 0 Å². The molecule has 3 N–H and O–H groups in total. The monoisotopic (exact) mass is 224 g/mol. The topological polar surface area (TPSA) is 38.0 Å². The fraction of sp³-hybridized carbons (Fsp3) is 0.200. The Bertz CT molecular complexity index is 498. The summed E-state index contributed by atoms with van der Waals surface area (Å²) in [6, 6.07) is 7.80. The summed E-state index contributed by atoms with van der Waals surface area (Å²) in [5.41, 5.74) is 9.16. The van der Waals surface area contributed by atoms with Crippen LogP contribution in [0.1, 0.15) is 24.0 Å². The standard InChI is InChI=1S/C15H16N2/c1-12(16)14-8-5-13(6-9-14)7-10-15-4-2-3-11-17-15/h4-6,8-9,17H,1-3,11,16H2. The number of benzene rings is 1. The van der Waals surface area contributed by atoms with E-state index < -0.39 is 0 Å². The Morgan fingerprint density at radius 2 is 2.00 bits per heavy atom. The van der Waals surface area contributed by atoms with Crippen LogP contribution in [0.25, 0.3) is 5.70 Å². The SMILES string of the molecule is C=C(N)c1ccc(C#CC2=CCCCN2)cc1. The fourth-order valence-corrected chi connectivity index (χ4v) is 1.65. The summed E-state index contributed by atoms with van der Waals surface area (Å²) >= 11 is 0. The number of nitrogens with one attached hydrogen (secondary N) is 1. The lowest BCUT2D eigenvalue weighted by atomic mass is 10.1. The van der Waals surface area contributed by atoms with E-state index in [1.807, 2.05) is 24.3 Å². The van der Waals surface area contributed by atoms with Gasteiger partial charge in [0.2, 0.25) is 0 Å². The maximum atomic E-state index is 5.61. The molecule has 0 radical (unpaired) electrons. The number of allylic oxidation sites excluding steroid dienone is 2. The van der Waals surface area contributed by atoms with Gasteiger partial charge in [-0.05, 0) is 36.5 Å². The van der Waals surface area contributed by atoms with Crippen molar-refractivity contribution in [2.75, 3.05) is 6.54 Å². The minimum atomic E-state index is 0.584. The molecule has 2 nitrogen and oxygen atoms in total. The van der Waals surface area contributed by atoms with Crippen LogP contribution >= 0.6 is 0 Å². The summed E-state index contributed by atoms with van der Waals surface area (Å²) in [6.45, 7) is 4.72. The van der Waals surface area contributed by atoms with Crippen molar-refractivity contribution in [2.24, 2.45) is 5.73 Å². The minimum absolute atomic E-state index is 0.584. The second-order valence-corrected chi connectivity index (χ2v) is 4.04. The predicted octanol–water partition coefficient (Wildman–Crippen LogP) is 2.23. The van der Waals surface area contributed by atoms with Crippen molar-refractivity contribution < 1.29 is 0 Å². The van der Waals surface area contributed by atoms with E-state index in [4.69, 9.17) is 5.73 Å². The van der Waals surface area contributed by atoms with Crippen LogP contribution in [0, 0.1) is 11.8 Å². The second kappa shape index (κ2) is 5.27. The highest BCUT2D eigenvalue weighted by molar-refractivity contribution is 5.61. The van der Waals surface area contributed by atoms with Crippen LogP contribution in [-0.2, 0) is 0 Å². The van der Waals surface area contributed by atoms with Gasteiger partial charge in [-0.2, -0.15) is 0 Å². The Labute approximate surface area is 102 Å². The average Bonchev–Trinajstić information content (AvgIpc) is 2.38. The average molecular weight is 224 g/mol. The molecule has 0 amide bonds. The van der Waals surface area contributed by atoms with Crippen molar-refractivity contribution in [3.05, 3.63) is 53.7 Å². The van der Waals surface area contributed by atoms with E-state index in [2.05, 4.69) is 29.8 Å². The highest BCUT2D eigenvalue weighted by Crippen LogP contribution is 2.08. The molecule has 1 aliphatic heterocycles. The highest BCUT2D eigenvalue weighted by atomic mass is 14.9. The molecule has 0 spiro atoms. The minimum Gasteiger partial charge on any atom is -0.399 e. The van der Waals surface area contributed by atoms with Gasteiger partial charge in [-0.3, -0.25) is 0 Å². The summed E-state index contributed by atoms with van der Waals surface area (Å²) in [4.78, 5) is 0. The Morgan fingerprint density at radius 1 is 1.24 bits per heavy atom. The number of hydrogen-bond donors (Lipinski definition) is 2. The van der Waals surface area contributed by atoms with Gasteiger partial charge in [0, 0.05) is 17.8 Å². The van der Waals surface area contributed by atoms with Crippen LogP contribution in [-0.4, -0.2) is 6.54 Å². The predicted molar refractivity (Wildman–Crippen MR) is 71.9 cm³/mol. The molecule has 86 valence electrons. The highest BCUT2D eigenvalue weighted by Gasteiger charge is 1.97. The van der Waals surface area contributed by atoms with Crippen LogP contribution in [0.5, 0.6) is 0 Å². The zero-order valence-electron chi connectivity index (χ0n) is 9.79. The van der Waals surface area contributed by atoms with Crippen molar-refractivity contribution in [2.45, 2.75) is 12.8 Å². The summed E-state index contributed by atoms with van der Waals surface area (Å²) in [7, 11) is 0. The van der Waals surface area contributed by atoms with Crippen molar-refractivity contribution in [3.8, 4) is 11.8 Å². The summed E-state index contributed by atoms with van der Waals surface area (Å²) in [5, 5.41) is 3.27. The molecule has 0 bridgehead atoms. The molecule has 0 aromatic heterocycles. The quantitative estimate of drug-likeness (QED) is 0.718. The first-order valence-electron chi connectivity index (χ1n) is 5.76. The van der Waals surface area contributed by atoms with E-state index >= 15 is 0 Å². The van der Waals surface area contributed by atoms with Gasteiger partial charge in [-0.1, -0.05) is 30.7 Å². The van der Waals surface area contributed by atoms with Gasteiger partial charge >= 0.3 is 0 Å². The molecular formula is C15H16N2. The molecule has 0 atom stereocenters. The number of nitrogens with two attached hydrogens (primary N) is 1. The van der Waals surface area contributed by atoms with Crippen LogP contribution in [0.4, 0.5) is 0 Å². The first-order chi connectivity index (χ1) is 8.25. The van der Waals surface area contributed by atoms with E-state index in [-0.39, 0.29) is 0 Å². The van der Waals surface area contributed by atoms with Crippen molar-refractivity contribution >= 4 is 5.70 Å². The van der Waals surface area contributed by atoms with E-state index in [9.17, 15) is 0 Å². The number of rotatable bonds is 1. The molecule has 1 aromatic rings. The summed E-state index contributed by atoms with van der Waals surface area (Å²) < 4.78 is 0. The molecule has 0 saturated carbocycles. The van der Waals surface area contributed by atoms with Gasteiger partial charge in [-0.15, -0.1) is 0 Å². The van der Waals surface area contributed by atoms with Crippen molar-refractivity contribution in [1.29, 1.82) is 0 Å². The Hall–Kier alpha value is -2.14. The van der Waals surface area contributed by atoms with E-state index in [0.29, 0.717) is 5.70 Å². The van der Waals surface area contributed by atoms with Gasteiger partial charge < -0.3 is 11.1 Å². The molecule has 2 rings (SSSR count). The second-order valence-electron chi connectivity index (χ2n) is 4.04. The van der Waals surface area contributed by atoms with Crippen molar-refractivity contribution in [3.63, 3.8) is 0 Å². The maximum Gasteiger partial charge on any atom is 0.0816 e. The van der Waals surface area contributed by atoms with Gasteiger partial charge in [-0.25, -0.2) is 0 Å². The molecule has 1 heterocycles. The first-order valence-corrected chi connectivity index (χ1v) is 5.76.